The van der Waals surface area contributed by atoms with Crippen LogP contribution >= 0.6 is 11.6 Å². The van der Waals surface area contributed by atoms with Gasteiger partial charge < -0.3 is 5.32 Å². The third-order valence-electron chi connectivity index (χ3n) is 5.46. The smallest absolute Gasteiger partial charge is 0.347 e. The SMILES string of the molecule is CCc1nc2ccc(Cl)cn2c1C(=O)NCc1cnc(N2CCN(S(=O)(=O)C(F)(F)F)C=N2)c(C)c1. The zero-order chi connectivity index (χ0) is 26.3. The van der Waals surface area contributed by atoms with E-state index in [1.807, 2.05) is 6.92 Å². The second-order valence-corrected chi connectivity index (χ2v) is 10.2. The van der Waals surface area contributed by atoms with E-state index in [-0.39, 0.29) is 23.3 Å². The van der Waals surface area contributed by atoms with Gasteiger partial charge in [0.05, 0.1) is 23.8 Å². The number of hydrogen-bond acceptors (Lipinski definition) is 7. The summed E-state index contributed by atoms with van der Waals surface area (Å²) in [6.07, 6.45) is 4.30. The fourth-order valence-electron chi connectivity index (χ4n) is 3.72. The summed E-state index contributed by atoms with van der Waals surface area (Å²) in [5.74, 6) is 0.0185. The second-order valence-electron chi connectivity index (χ2n) is 7.92. The summed E-state index contributed by atoms with van der Waals surface area (Å²) < 4.78 is 63.1. The van der Waals surface area contributed by atoms with Gasteiger partial charge in [0.25, 0.3) is 5.91 Å². The van der Waals surface area contributed by atoms with Crippen LogP contribution in [0.1, 0.15) is 34.2 Å². The lowest BCUT2D eigenvalue weighted by molar-refractivity contribution is -0.0471. The Morgan fingerprint density at radius 3 is 2.61 bits per heavy atom. The number of anilines is 1. The van der Waals surface area contributed by atoms with Gasteiger partial charge in [0.15, 0.2) is 5.82 Å². The molecule has 1 aliphatic heterocycles. The maximum absolute atomic E-state index is 13.0. The summed E-state index contributed by atoms with van der Waals surface area (Å²) in [4.78, 5) is 21.7. The summed E-state index contributed by atoms with van der Waals surface area (Å²) >= 11 is 6.08. The highest BCUT2D eigenvalue weighted by atomic mass is 35.5. The third-order valence-corrected chi connectivity index (χ3v) is 7.17. The molecule has 1 amide bonds. The molecular formula is C21H21ClF3N7O3S. The Morgan fingerprint density at radius 2 is 2.00 bits per heavy atom. The molecule has 0 unspecified atom stereocenters. The van der Waals surface area contributed by atoms with Crippen LogP contribution in [0.5, 0.6) is 0 Å². The highest BCUT2D eigenvalue weighted by Gasteiger charge is 2.50. The molecule has 36 heavy (non-hydrogen) atoms. The molecule has 1 N–H and O–H groups in total. The van der Waals surface area contributed by atoms with Gasteiger partial charge in [-0.3, -0.25) is 9.20 Å². The second kappa shape index (κ2) is 9.58. The average Bonchev–Trinajstić information content (AvgIpc) is 3.20. The minimum absolute atomic E-state index is 0.119. The minimum Gasteiger partial charge on any atom is -0.347 e. The molecule has 0 bridgehead atoms. The molecule has 0 saturated heterocycles. The predicted molar refractivity (Wildman–Crippen MR) is 127 cm³/mol. The van der Waals surface area contributed by atoms with Crippen LogP contribution in [0.15, 0.2) is 35.7 Å². The number of rotatable bonds is 6. The molecule has 4 heterocycles. The molecule has 10 nitrogen and oxygen atoms in total. The number of aromatic nitrogens is 3. The molecule has 0 radical (unpaired) electrons. The van der Waals surface area contributed by atoms with Gasteiger partial charge in [0.2, 0.25) is 0 Å². The van der Waals surface area contributed by atoms with E-state index in [1.54, 1.807) is 35.7 Å². The Labute approximate surface area is 209 Å². The Kier molecular flexibility index (Phi) is 6.84. The highest BCUT2D eigenvalue weighted by Crippen LogP contribution is 2.28. The Hall–Kier alpha value is -3.39. The third kappa shape index (κ3) is 4.82. The fraction of sp³-hybridized carbons (Fsp3) is 0.333. The number of nitrogens with zero attached hydrogens (tertiary/aromatic N) is 6. The van der Waals surface area contributed by atoms with Crippen molar-refractivity contribution in [1.82, 2.24) is 24.0 Å². The molecule has 1 aliphatic rings. The van der Waals surface area contributed by atoms with Crippen LogP contribution in [0, 0.1) is 6.92 Å². The van der Waals surface area contributed by atoms with E-state index in [1.165, 1.54) is 11.2 Å². The number of amides is 1. The molecule has 0 saturated carbocycles. The number of halogens is 4. The van der Waals surface area contributed by atoms with E-state index in [0.717, 1.165) is 0 Å². The van der Waals surface area contributed by atoms with E-state index in [2.05, 4.69) is 20.4 Å². The van der Waals surface area contributed by atoms with Crippen LogP contribution < -0.4 is 10.3 Å². The van der Waals surface area contributed by atoms with Gasteiger partial charge in [-0.25, -0.2) is 19.3 Å². The molecular weight excluding hydrogens is 523 g/mol. The number of carbonyl (C=O) groups is 1. The number of fused-ring (bicyclic) bond motifs is 1. The molecule has 3 aromatic rings. The van der Waals surface area contributed by atoms with Crippen molar-refractivity contribution in [2.45, 2.75) is 32.3 Å². The van der Waals surface area contributed by atoms with Gasteiger partial charge in [-0.05, 0) is 42.7 Å². The number of alkyl halides is 3. The highest BCUT2D eigenvalue weighted by molar-refractivity contribution is 7.90. The standard InChI is InChI=1S/C21H21ClF3N7O3S/c1-3-16-18(31-11-15(22)4-5-17(31)29-16)20(33)27-10-14-8-13(2)19(26-9-14)32-7-6-30(12-28-32)36(34,35)21(23,24)25/h4-5,8-9,11-12H,3,6-7,10H2,1-2H3,(H,27,33). The van der Waals surface area contributed by atoms with Crippen LogP contribution in [-0.2, 0) is 23.0 Å². The van der Waals surface area contributed by atoms with Gasteiger partial charge in [-0.1, -0.05) is 18.5 Å². The molecule has 3 aromatic heterocycles. The first kappa shape index (κ1) is 25.7. The molecule has 0 atom stereocenters. The lowest BCUT2D eigenvalue weighted by Crippen LogP contribution is -2.46. The zero-order valence-electron chi connectivity index (χ0n) is 19.1. The number of imidazole rings is 1. The van der Waals surface area contributed by atoms with Gasteiger partial charge >= 0.3 is 15.5 Å². The van der Waals surface area contributed by atoms with E-state index >= 15 is 0 Å². The van der Waals surface area contributed by atoms with Crippen LogP contribution in [0.2, 0.25) is 5.02 Å². The predicted octanol–water partition coefficient (Wildman–Crippen LogP) is 3.10. The number of sulfonamides is 1. The van der Waals surface area contributed by atoms with Crippen molar-refractivity contribution >= 4 is 45.3 Å². The van der Waals surface area contributed by atoms with Crippen LogP contribution in [0.4, 0.5) is 19.0 Å². The summed E-state index contributed by atoms with van der Waals surface area (Å²) in [6.45, 7) is 3.22. The van der Waals surface area contributed by atoms with Crippen molar-refractivity contribution in [3.05, 3.63) is 58.1 Å². The topological polar surface area (TPSA) is 112 Å². The Balaban J connectivity index is 1.47. The maximum atomic E-state index is 13.0. The number of pyridine rings is 2. The number of hydrogen-bond donors (Lipinski definition) is 1. The molecule has 0 aromatic carbocycles. The van der Waals surface area contributed by atoms with Gasteiger partial charge in [0.1, 0.15) is 17.7 Å². The molecule has 0 spiro atoms. The first-order valence-corrected chi connectivity index (χ1v) is 12.5. The van der Waals surface area contributed by atoms with E-state index in [4.69, 9.17) is 11.6 Å². The van der Waals surface area contributed by atoms with Crippen molar-refractivity contribution in [1.29, 1.82) is 0 Å². The Morgan fingerprint density at radius 1 is 1.25 bits per heavy atom. The number of carbonyl (C=O) groups excluding carboxylic acids is 1. The quantitative estimate of drug-likeness (QED) is 0.511. The molecule has 15 heteroatoms. The zero-order valence-corrected chi connectivity index (χ0v) is 20.7. The average molecular weight is 544 g/mol. The van der Waals surface area contributed by atoms with Gasteiger partial charge in [-0.2, -0.15) is 26.7 Å². The van der Waals surface area contributed by atoms with E-state index in [0.29, 0.717) is 51.8 Å². The van der Waals surface area contributed by atoms with Crippen molar-refractivity contribution in [2.24, 2.45) is 5.10 Å². The Bertz CT molecular complexity index is 1460. The first-order valence-electron chi connectivity index (χ1n) is 10.7. The van der Waals surface area contributed by atoms with Gasteiger partial charge in [0, 0.05) is 18.9 Å². The molecule has 0 fully saturated rings. The largest absolute Gasteiger partial charge is 0.516 e. The molecule has 4 rings (SSSR count). The van der Waals surface area contributed by atoms with Crippen LogP contribution in [0.25, 0.3) is 5.65 Å². The molecule has 0 aliphatic carbocycles. The summed E-state index contributed by atoms with van der Waals surface area (Å²) in [7, 11) is -5.49. The first-order chi connectivity index (χ1) is 16.9. The normalized spacial score (nSPS) is 14.5. The van der Waals surface area contributed by atoms with Crippen molar-refractivity contribution in [3.63, 3.8) is 0 Å². The van der Waals surface area contributed by atoms with E-state index < -0.39 is 22.1 Å². The summed E-state index contributed by atoms with van der Waals surface area (Å²) in [6, 6.07) is 5.17. The number of hydrazone groups is 1. The van der Waals surface area contributed by atoms with Crippen molar-refractivity contribution in [2.75, 3.05) is 18.1 Å². The van der Waals surface area contributed by atoms with Crippen LogP contribution in [0.3, 0.4) is 0 Å². The maximum Gasteiger partial charge on any atom is 0.516 e. The lowest BCUT2D eigenvalue weighted by atomic mass is 10.2. The van der Waals surface area contributed by atoms with Crippen molar-refractivity contribution < 1.29 is 26.4 Å². The number of nitrogens with one attached hydrogen (secondary N) is 1. The summed E-state index contributed by atoms with van der Waals surface area (Å²) in [5.41, 5.74) is -2.47. The summed E-state index contributed by atoms with van der Waals surface area (Å²) in [5, 5.41) is 8.44. The molecule has 192 valence electrons. The van der Waals surface area contributed by atoms with Crippen molar-refractivity contribution in [3.8, 4) is 0 Å². The van der Waals surface area contributed by atoms with Crippen LogP contribution in [-0.4, -0.2) is 57.9 Å². The monoisotopic (exact) mass is 543 g/mol. The number of aryl methyl sites for hydroxylation is 2. The lowest BCUT2D eigenvalue weighted by Gasteiger charge is -2.29. The fourth-order valence-corrected chi connectivity index (χ4v) is 4.63. The van der Waals surface area contributed by atoms with Gasteiger partial charge in [-0.15, -0.1) is 0 Å². The van der Waals surface area contributed by atoms with E-state index in [9.17, 15) is 26.4 Å². The minimum atomic E-state index is -5.49.